The standard InChI is InChI=1S/C18H23N3O/c1-21-10-9-16(11-18(21)22)20-13-17-8-7-15(12-19-17)14-5-3-2-4-6-14/h7-12,14,20H,2-6,13H2,1H3. The lowest BCUT2D eigenvalue weighted by Gasteiger charge is -2.21. The van der Waals surface area contributed by atoms with Gasteiger partial charge in [0.1, 0.15) is 0 Å². The lowest BCUT2D eigenvalue weighted by atomic mass is 9.85. The molecule has 22 heavy (non-hydrogen) atoms. The molecule has 1 aliphatic carbocycles. The minimum atomic E-state index is -0.00870. The molecule has 116 valence electrons. The van der Waals surface area contributed by atoms with Crippen molar-refractivity contribution in [1.82, 2.24) is 9.55 Å². The summed E-state index contributed by atoms with van der Waals surface area (Å²) in [6, 6.07) is 7.82. The SMILES string of the molecule is Cn1ccc(NCc2ccc(C3CCCCC3)cn2)cc1=O. The summed E-state index contributed by atoms with van der Waals surface area (Å²) in [7, 11) is 1.75. The summed E-state index contributed by atoms with van der Waals surface area (Å²) in [5.74, 6) is 0.695. The van der Waals surface area contributed by atoms with Crippen LogP contribution < -0.4 is 10.9 Å². The first-order valence-corrected chi connectivity index (χ1v) is 8.08. The second kappa shape index (κ2) is 6.77. The van der Waals surface area contributed by atoms with Crippen LogP contribution in [0.25, 0.3) is 0 Å². The zero-order valence-electron chi connectivity index (χ0n) is 13.1. The first kappa shape index (κ1) is 14.8. The van der Waals surface area contributed by atoms with Gasteiger partial charge in [0.05, 0.1) is 12.2 Å². The predicted molar refractivity (Wildman–Crippen MR) is 89.1 cm³/mol. The van der Waals surface area contributed by atoms with E-state index in [1.54, 1.807) is 23.9 Å². The fraction of sp³-hybridized carbons (Fsp3) is 0.444. The number of rotatable bonds is 4. The van der Waals surface area contributed by atoms with Crippen LogP contribution in [0, 0.1) is 0 Å². The number of anilines is 1. The van der Waals surface area contributed by atoms with E-state index in [4.69, 9.17) is 0 Å². The third-order valence-electron chi connectivity index (χ3n) is 4.50. The number of pyridine rings is 2. The van der Waals surface area contributed by atoms with E-state index in [1.165, 1.54) is 37.7 Å². The molecule has 2 heterocycles. The van der Waals surface area contributed by atoms with Gasteiger partial charge in [-0.15, -0.1) is 0 Å². The molecule has 0 bridgehead atoms. The molecule has 3 rings (SSSR count). The first-order valence-electron chi connectivity index (χ1n) is 8.08. The van der Waals surface area contributed by atoms with Crippen LogP contribution in [0.2, 0.25) is 0 Å². The van der Waals surface area contributed by atoms with E-state index in [1.807, 2.05) is 12.3 Å². The Bertz CT molecular complexity index is 669. The highest BCUT2D eigenvalue weighted by atomic mass is 16.1. The van der Waals surface area contributed by atoms with E-state index in [-0.39, 0.29) is 5.56 Å². The van der Waals surface area contributed by atoms with Crippen molar-refractivity contribution < 1.29 is 0 Å². The maximum Gasteiger partial charge on any atom is 0.252 e. The summed E-state index contributed by atoms with van der Waals surface area (Å²) in [4.78, 5) is 16.1. The molecule has 1 N–H and O–H groups in total. The molecular formula is C18H23N3O. The molecule has 4 heteroatoms. The van der Waals surface area contributed by atoms with Gasteiger partial charge in [-0.3, -0.25) is 9.78 Å². The van der Waals surface area contributed by atoms with Gasteiger partial charge in [0.25, 0.3) is 5.56 Å². The number of nitrogens with zero attached hydrogens (tertiary/aromatic N) is 2. The number of nitrogens with one attached hydrogen (secondary N) is 1. The molecule has 0 aliphatic heterocycles. The van der Waals surface area contributed by atoms with Crippen molar-refractivity contribution >= 4 is 5.69 Å². The summed E-state index contributed by atoms with van der Waals surface area (Å²) in [5, 5.41) is 3.25. The van der Waals surface area contributed by atoms with Crippen molar-refractivity contribution in [1.29, 1.82) is 0 Å². The highest BCUT2D eigenvalue weighted by Gasteiger charge is 2.15. The van der Waals surface area contributed by atoms with Gasteiger partial charge in [-0.1, -0.05) is 25.3 Å². The molecule has 4 nitrogen and oxygen atoms in total. The molecule has 1 aliphatic rings. The molecule has 0 saturated heterocycles. The van der Waals surface area contributed by atoms with Crippen LogP contribution in [0.4, 0.5) is 5.69 Å². The summed E-state index contributed by atoms with van der Waals surface area (Å²) < 4.78 is 1.56. The monoisotopic (exact) mass is 297 g/mol. The van der Waals surface area contributed by atoms with E-state index in [0.717, 1.165) is 11.4 Å². The second-order valence-electron chi connectivity index (χ2n) is 6.14. The lowest BCUT2D eigenvalue weighted by Crippen LogP contribution is -2.15. The minimum absolute atomic E-state index is 0.00870. The Balaban J connectivity index is 1.60. The van der Waals surface area contributed by atoms with Gasteiger partial charge in [0, 0.05) is 31.2 Å². The fourth-order valence-corrected chi connectivity index (χ4v) is 3.07. The summed E-state index contributed by atoms with van der Waals surface area (Å²) in [6.45, 7) is 0.637. The number of aromatic nitrogens is 2. The molecule has 0 atom stereocenters. The molecule has 1 fully saturated rings. The van der Waals surface area contributed by atoms with Crippen LogP contribution in [0.1, 0.15) is 49.3 Å². The Kier molecular flexibility index (Phi) is 4.56. The van der Waals surface area contributed by atoms with Gasteiger partial charge in [-0.2, -0.15) is 0 Å². The van der Waals surface area contributed by atoms with Crippen molar-refractivity contribution in [2.75, 3.05) is 5.32 Å². The van der Waals surface area contributed by atoms with Crippen molar-refractivity contribution in [3.05, 3.63) is 58.3 Å². The van der Waals surface area contributed by atoms with Crippen LogP contribution in [-0.4, -0.2) is 9.55 Å². The van der Waals surface area contributed by atoms with E-state index in [2.05, 4.69) is 22.4 Å². The third kappa shape index (κ3) is 3.56. The summed E-state index contributed by atoms with van der Waals surface area (Å²) in [5.41, 5.74) is 3.20. The largest absolute Gasteiger partial charge is 0.379 e. The van der Waals surface area contributed by atoms with Crippen molar-refractivity contribution in [2.45, 2.75) is 44.6 Å². The van der Waals surface area contributed by atoms with E-state index in [0.29, 0.717) is 12.5 Å². The normalized spacial score (nSPS) is 15.7. The van der Waals surface area contributed by atoms with Gasteiger partial charge in [-0.05, 0) is 36.5 Å². The van der Waals surface area contributed by atoms with Crippen LogP contribution in [-0.2, 0) is 13.6 Å². The van der Waals surface area contributed by atoms with Crippen molar-refractivity contribution in [2.24, 2.45) is 7.05 Å². The van der Waals surface area contributed by atoms with Crippen molar-refractivity contribution in [3.63, 3.8) is 0 Å². The molecule has 0 unspecified atom stereocenters. The quantitative estimate of drug-likeness (QED) is 0.940. The van der Waals surface area contributed by atoms with Crippen LogP contribution in [0.3, 0.4) is 0 Å². The highest BCUT2D eigenvalue weighted by Crippen LogP contribution is 2.32. The maximum atomic E-state index is 11.6. The van der Waals surface area contributed by atoms with Gasteiger partial charge in [0.15, 0.2) is 0 Å². The van der Waals surface area contributed by atoms with Crippen LogP contribution in [0.5, 0.6) is 0 Å². The zero-order chi connectivity index (χ0) is 15.4. The zero-order valence-corrected chi connectivity index (χ0v) is 13.1. The predicted octanol–water partition coefficient (Wildman–Crippen LogP) is 3.44. The average Bonchev–Trinajstić information content (AvgIpc) is 2.57. The molecule has 2 aromatic rings. The first-order chi connectivity index (χ1) is 10.7. The summed E-state index contributed by atoms with van der Waals surface area (Å²) >= 11 is 0. The van der Waals surface area contributed by atoms with E-state index in [9.17, 15) is 4.79 Å². The number of aryl methyl sites for hydroxylation is 1. The summed E-state index contributed by atoms with van der Waals surface area (Å²) in [6.07, 6.45) is 10.5. The molecule has 1 saturated carbocycles. The topological polar surface area (TPSA) is 46.9 Å². The Labute approximate surface area is 131 Å². The Hall–Kier alpha value is -2.10. The number of hydrogen-bond donors (Lipinski definition) is 1. The average molecular weight is 297 g/mol. The molecule has 0 amide bonds. The second-order valence-corrected chi connectivity index (χ2v) is 6.14. The molecule has 0 aromatic carbocycles. The third-order valence-corrected chi connectivity index (χ3v) is 4.50. The highest BCUT2D eigenvalue weighted by molar-refractivity contribution is 5.41. The molecule has 0 spiro atoms. The fourth-order valence-electron chi connectivity index (χ4n) is 3.07. The van der Waals surface area contributed by atoms with Gasteiger partial charge >= 0.3 is 0 Å². The Morgan fingerprint density at radius 2 is 2.05 bits per heavy atom. The van der Waals surface area contributed by atoms with Gasteiger partial charge in [0.2, 0.25) is 0 Å². The van der Waals surface area contributed by atoms with Crippen molar-refractivity contribution in [3.8, 4) is 0 Å². The van der Waals surface area contributed by atoms with E-state index >= 15 is 0 Å². The minimum Gasteiger partial charge on any atom is -0.379 e. The maximum absolute atomic E-state index is 11.6. The van der Waals surface area contributed by atoms with Crippen LogP contribution in [0.15, 0.2) is 41.5 Å². The molecule has 0 radical (unpaired) electrons. The number of hydrogen-bond acceptors (Lipinski definition) is 3. The lowest BCUT2D eigenvalue weighted by molar-refractivity contribution is 0.443. The Morgan fingerprint density at radius 1 is 1.23 bits per heavy atom. The van der Waals surface area contributed by atoms with E-state index < -0.39 is 0 Å². The molecule has 2 aromatic heterocycles. The van der Waals surface area contributed by atoms with Gasteiger partial charge in [-0.25, -0.2) is 0 Å². The molecular weight excluding hydrogens is 274 g/mol. The smallest absolute Gasteiger partial charge is 0.252 e. The Morgan fingerprint density at radius 3 is 2.73 bits per heavy atom. The van der Waals surface area contributed by atoms with Crippen LogP contribution >= 0.6 is 0 Å². The van der Waals surface area contributed by atoms with Gasteiger partial charge < -0.3 is 9.88 Å².